The third kappa shape index (κ3) is 9.99. The molecular weight excluding hydrogens is 606 g/mol. The van der Waals surface area contributed by atoms with E-state index in [4.69, 9.17) is 14.2 Å². The Morgan fingerprint density at radius 2 is 1.20 bits per heavy atom. The molecule has 0 N–H and O–H groups in total. The monoisotopic (exact) mass is 654 g/mol. The lowest BCUT2D eigenvalue weighted by Crippen LogP contribution is -2.21. The van der Waals surface area contributed by atoms with Crippen LogP contribution in [0.4, 0.5) is 26.3 Å². The molecule has 2 aromatic carbocycles. The molecule has 256 valence electrons. The van der Waals surface area contributed by atoms with E-state index in [1.165, 1.54) is 19.1 Å². The lowest BCUT2D eigenvalue weighted by atomic mass is 9.90. The molecule has 2 fully saturated rings. The van der Waals surface area contributed by atoms with Crippen LogP contribution in [-0.4, -0.2) is 19.8 Å². The van der Waals surface area contributed by atoms with Crippen molar-refractivity contribution >= 4 is 0 Å². The molecule has 9 heteroatoms. The molecule has 2 aliphatic rings. The summed E-state index contributed by atoms with van der Waals surface area (Å²) in [4.78, 5) is 0. The summed E-state index contributed by atoms with van der Waals surface area (Å²) in [5, 5.41) is 0. The SMILES string of the molecule is CCOc1ccc(C2CCC(CCCCCC(CCCCCC3CCC(c4ccc(C)c(F)c4F)OC3)=C(F)F)CO2)c(F)c1F. The molecule has 0 radical (unpaired) electrons. The van der Waals surface area contributed by atoms with Crippen LogP contribution in [0.3, 0.4) is 0 Å². The second kappa shape index (κ2) is 18.1. The van der Waals surface area contributed by atoms with E-state index >= 15 is 0 Å². The summed E-state index contributed by atoms with van der Waals surface area (Å²) >= 11 is 0. The van der Waals surface area contributed by atoms with Crippen molar-refractivity contribution in [3.63, 3.8) is 0 Å². The third-order valence-electron chi connectivity index (χ3n) is 9.57. The third-order valence-corrected chi connectivity index (χ3v) is 9.57. The molecule has 0 aromatic heterocycles. The highest BCUT2D eigenvalue weighted by atomic mass is 19.3. The molecule has 46 heavy (non-hydrogen) atoms. The zero-order valence-corrected chi connectivity index (χ0v) is 27.1. The average molecular weight is 655 g/mol. The Bertz CT molecular complexity index is 1280. The Kier molecular flexibility index (Phi) is 14.3. The van der Waals surface area contributed by atoms with E-state index in [2.05, 4.69) is 0 Å². The molecule has 0 amide bonds. The lowest BCUT2D eigenvalue weighted by Gasteiger charge is -2.29. The minimum atomic E-state index is -1.56. The topological polar surface area (TPSA) is 27.7 Å². The smallest absolute Gasteiger partial charge is 0.269 e. The van der Waals surface area contributed by atoms with Gasteiger partial charge in [-0.2, -0.15) is 13.2 Å². The van der Waals surface area contributed by atoms with Gasteiger partial charge in [-0.1, -0.05) is 37.8 Å². The van der Waals surface area contributed by atoms with Gasteiger partial charge in [0, 0.05) is 11.1 Å². The summed E-state index contributed by atoms with van der Waals surface area (Å²) in [5.41, 5.74) is 1.04. The zero-order chi connectivity index (χ0) is 33.1. The molecular formula is C37H48F6O3. The van der Waals surface area contributed by atoms with Crippen LogP contribution in [0.5, 0.6) is 5.75 Å². The fraction of sp³-hybridized carbons (Fsp3) is 0.622. The van der Waals surface area contributed by atoms with E-state index in [1.807, 2.05) is 0 Å². The van der Waals surface area contributed by atoms with Gasteiger partial charge in [0.15, 0.2) is 23.2 Å². The summed E-state index contributed by atoms with van der Waals surface area (Å²) < 4.78 is 101. The number of allylic oxidation sites excluding steroid dienone is 1. The minimum Gasteiger partial charge on any atom is -0.491 e. The molecule has 2 aromatic rings. The average Bonchev–Trinajstić information content (AvgIpc) is 3.05. The van der Waals surface area contributed by atoms with Crippen LogP contribution in [0, 0.1) is 42.0 Å². The Hall–Kier alpha value is -2.52. The van der Waals surface area contributed by atoms with Crippen LogP contribution in [0.1, 0.15) is 126 Å². The quantitative estimate of drug-likeness (QED) is 0.133. The summed E-state index contributed by atoms with van der Waals surface area (Å²) in [6, 6.07) is 6.16. The van der Waals surface area contributed by atoms with Gasteiger partial charge in [-0.25, -0.2) is 13.2 Å². The van der Waals surface area contributed by atoms with Crippen LogP contribution >= 0.6 is 0 Å². The molecule has 2 aliphatic heterocycles. The van der Waals surface area contributed by atoms with Crippen LogP contribution < -0.4 is 4.74 Å². The molecule has 0 saturated carbocycles. The molecule has 4 unspecified atom stereocenters. The van der Waals surface area contributed by atoms with Crippen molar-refractivity contribution in [2.24, 2.45) is 11.8 Å². The van der Waals surface area contributed by atoms with E-state index in [0.717, 1.165) is 57.8 Å². The maximum absolute atomic E-state index is 14.5. The molecule has 2 heterocycles. The number of unbranched alkanes of at least 4 members (excludes halogenated alkanes) is 4. The predicted molar refractivity (Wildman–Crippen MR) is 167 cm³/mol. The van der Waals surface area contributed by atoms with Gasteiger partial charge in [0.05, 0.1) is 32.0 Å². The van der Waals surface area contributed by atoms with Gasteiger partial charge >= 0.3 is 0 Å². The van der Waals surface area contributed by atoms with Gasteiger partial charge in [-0.05, 0) is 113 Å². The van der Waals surface area contributed by atoms with Crippen molar-refractivity contribution in [1.82, 2.24) is 0 Å². The Balaban J connectivity index is 1.05. The van der Waals surface area contributed by atoms with Crippen molar-refractivity contribution in [1.29, 1.82) is 0 Å². The van der Waals surface area contributed by atoms with Gasteiger partial charge < -0.3 is 14.2 Å². The molecule has 0 spiro atoms. The number of rotatable bonds is 16. The highest BCUT2D eigenvalue weighted by Crippen LogP contribution is 2.37. The summed E-state index contributed by atoms with van der Waals surface area (Å²) in [6.45, 7) is 4.47. The first kappa shape index (κ1) is 36.3. The van der Waals surface area contributed by atoms with Crippen molar-refractivity contribution in [3.05, 3.63) is 75.9 Å². The lowest BCUT2D eigenvalue weighted by molar-refractivity contribution is -0.0219. The molecule has 0 aliphatic carbocycles. The minimum absolute atomic E-state index is 0.0949. The molecule has 2 saturated heterocycles. The summed E-state index contributed by atoms with van der Waals surface area (Å²) in [7, 11) is 0. The standard InChI is InChI=1S/C37H48F6O3/c1-3-44-32-21-18-29(35(40)36(32)41)31-20-16-26(23-46-31)11-7-5-9-13-27(37(42)43)12-8-4-6-10-25-15-19-30(45-22-25)28-17-14-24(2)33(38)34(28)39/h14,17-18,21,25-26,30-31H,3-13,15-16,19-20,22-23H2,1-2H3. The summed E-state index contributed by atoms with van der Waals surface area (Å²) in [5.74, 6) is -2.95. The Morgan fingerprint density at radius 1 is 0.674 bits per heavy atom. The second-order valence-corrected chi connectivity index (χ2v) is 12.9. The van der Waals surface area contributed by atoms with Crippen molar-refractivity contribution in [2.75, 3.05) is 19.8 Å². The van der Waals surface area contributed by atoms with E-state index in [9.17, 15) is 26.3 Å². The van der Waals surface area contributed by atoms with Crippen molar-refractivity contribution < 1.29 is 40.6 Å². The molecule has 4 atom stereocenters. The van der Waals surface area contributed by atoms with Crippen LogP contribution in [0.25, 0.3) is 0 Å². The van der Waals surface area contributed by atoms with Gasteiger partial charge in [0.2, 0.25) is 5.82 Å². The van der Waals surface area contributed by atoms with Gasteiger partial charge in [-0.15, -0.1) is 0 Å². The first-order chi connectivity index (χ1) is 22.2. The largest absolute Gasteiger partial charge is 0.491 e. The molecule has 0 bridgehead atoms. The number of aryl methyl sites for hydroxylation is 1. The second-order valence-electron chi connectivity index (χ2n) is 12.9. The van der Waals surface area contributed by atoms with Crippen LogP contribution in [0.15, 0.2) is 35.9 Å². The van der Waals surface area contributed by atoms with Gasteiger partial charge in [0.1, 0.15) is 0 Å². The predicted octanol–water partition coefficient (Wildman–Crippen LogP) is 11.6. The normalized spacial score (nSPS) is 21.7. The first-order valence-electron chi connectivity index (χ1n) is 17.0. The number of ether oxygens (including phenoxy) is 3. The zero-order valence-electron chi connectivity index (χ0n) is 27.1. The maximum atomic E-state index is 14.5. The van der Waals surface area contributed by atoms with Crippen LogP contribution in [0.2, 0.25) is 0 Å². The maximum Gasteiger partial charge on any atom is 0.269 e. The van der Waals surface area contributed by atoms with E-state index in [0.29, 0.717) is 57.2 Å². The number of benzene rings is 2. The Labute approximate surface area is 269 Å². The summed E-state index contributed by atoms with van der Waals surface area (Å²) in [6.07, 6.45) is 8.18. The first-order valence-corrected chi connectivity index (χ1v) is 17.0. The van der Waals surface area contributed by atoms with Gasteiger partial charge in [-0.3, -0.25) is 0 Å². The molecule has 3 nitrogen and oxygen atoms in total. The fourth-order valence-electron chi connectivity index (χ4n) is 6.74. The van der Waals surface area contributed by atoms with Gasteiger partial charge in [0.25, 0.3) is 6.08 Å². The highest BCUT2D eigenvalue weighted by Gasteiger charge is 2.28. The van der Waals surface area contributed by atoms with Crippen molar-refractivity contribution in [2.45, 2.75) is 116 Å². The number of halogens is 6. The van der Waals surface area contributed by atoms with E-state index in [-0.39, 0.29) is 34.6 Å². The number of hydrogen-bond acceptors (Lipinski definition) is 3. The van der Waals surface area contributed by atoms with Crippen molar-refractivity contribution in [3.8, 4) is 5.75 Å². The number of hydrogen-bond donors (Lipinski definition) is 0. The Morgan fingerprint density at radius 3 is 1.67 bits per heavy atom. The molecule has 4 rings (SSSR count). The van der Waals surface area contributed by atoms with E-state index in [1.54, 1.807) is 19.1 Å². The van der Waals surface area contributed by atoms with Crippen LogP contribution in [-0.2, 0) is 9.47 Å². The van der Waals surface area contributed by atoms with E-state index < -0.39 is 41.6 Å². The highest BCUT2D eigenvalue weighted by molar-refractivity contribution is 5.32. The fourth-order valence-corrected chi connectivity index (χ4v) is 6.74.